The van der Waals surface area contributed by atoms with E-state index in [4.69, 9.17) is 0 Å². The highest BCUT2D eigenvalue weighted by Gasteiger charge is 2.55. The van der Waals surface area contributed by atoms with Crippen LogP contribution in [-0.2, 0) is 11.8 Å². The van der Waals surface area contributed by atoms with Crippen LogP contribution in [0.1, 0.15) is 51.2 Å². The zero-order valence-corrected chi connectivity index (χ0v) is 12.9. The highest BCUT2D eigenvalue weighted by atomic mass is 14.6. The molecule has 1 aromatic carbocycles. The van der Waals surface area contributed by atoms with Crippen LogP contribution in [0.4, 0.5) is 0 Å². The zero-order valence-electron chi connectivity index (χ0n) is 12.9. The van der Waals surface area contributed by atoms with Crippen molar-refractivity contribution in [3.63, 3.8) is 0 Å². The molecule has 0 amide bonds. The van der Waals surface area contributed by atoms with E-state index < -0.39 is 0 Å². The summed E-state index contributed by atoms with van der Waals surface area (Å²) < 4.78 is 0. The summed E-state index contributed by atoms with van der Waals surface area (Å²) in [4.78, 5) is 0. The lowest BCUT2D eigenvalue weighted by atomic mass is 9.64. The molecule has 0 N–H and O–H groups in total. The molecular weight excluding hydrogens is 240 g/mol. The summed E-state index contributed by atoms with van der Waals surface area (Å²) in [5, 5.41) is 0. The van der Waals surface area contributed by atoms with Gasteiger partial charge in [-0.2, -0.15) is 0 Å². The molecule has 1 aromatic rings. The van der Waals surface area contributed by atoms with E-state index in [0.717, 1.165) is 11.8 Å². The summed E-state index contributed by atoms with van der Waals surface area (Å²) in [5.74, 6) is 1.62. The summed E-state index contributed by atoms with van der Waals surface area (Å²) in [6.45, 7) is 7.05. The van der Waals surface area contributed by atoms with Crippen LogP contribution < -0.4 is 0 Å². The van der Waals surface area contributed by atoms with E-state index in [1.54, 1.807) is 22.3 Å². The normalized spacial score (nSPS) is 34.6. The van der Waals surface area contributed by atoms with Crippen molar-refractivity contribution >= 4 is 0 Å². The Morgan fingerprint density at radius 1 is 1.15 bits per heavy atom. The van der Waals surface area contributed by atoms with Gasteiger partial charge in [-0.05, 0) is 56.1 Å². The third kappa shape index (κ3) is 1.38. The van der Waals surface area contributed by atoms with Crippen LogP contribution >= 0.6 is 0 Å². The van der Waals surface area contributed by atoms with Gasteiger partial charge >= 0.3 is 0 Å². The van der Waals surface area contributed by atoms with Crippen LogP contribution in [0, 0.1) is 11.8 Å². The maximum Gasteiger partial charge on any atom is 0.0239 e. The molecule has 3 aliphatic rings. The Bertz CT molecular complexity index is 631. The Labute approximate surface area is 122 Å². The van der Waals surface area contributed by atoms with Crippen molar-refractivity contribution in [2.24, 2.45) is 11.8 Å². The van der Waals surface area contributed by atoms with Crippen LogP contribution in [-0.4, -0.2) is 0 Å². The molecule has 0 nitrogen and oxygen atoms in total. The van der Waals surface area contributed by atoms with Gasteiger partial charge in [-0.3, -0.25) is 0 Å². The monoisotopic (exact) mass is 264 g/mol. The SMILES string of the molecule is CC[C@H]1CC2=CC(C)=C(C)C3Cc4ccccc4[C@]23C1. The minimum atomic E-state index is 0.362. The van der Waals surface area contributed by atoms with Gasteiger partial charge in [-0.1, -0.05) is 60.4 Å². The molecule has 0 saturated heterocycles. The molecule has 1 saturated carbocycles. The first-order valence-electron chi connectivity index (χ1n) is 8.13. The quantitative estimate of drug-likeness (QED) is 0.654. The molecule has 1 unspecified atom stereocenters. The van der Waals surface area contributed by atoms with Gasteiger partial charge in [-0.25, -0.2) is 0 Å². The van der Waals surface area contributed by atoms with Crippen molar-refractivity contribution in [3.05, 3.63) is 58.2 Å². The van der Waals surface area contributed by atoms with Crippen LogP contribution in [0.15, 0.2) is 47.1 Å². The molecule has 0 radical (unpaired) electrons. The predicted molar refractivity (Wildman–Crippen MR) is 84.8 cm³/mol. The Morgan fingerprint density at radius 3 is 2.75 bits per heavy atom. The fourth-order valence-electron chi connectivity index (χ4n) is 5.17. The van der Waals surface area contributed by atoms with Gasteiger partial charge < -0.3 is 0 Å². The molecule has 1 fully saturated rings. The van der Waals surface area contributed by atoms with E-state index in [2.05, 4.69) is 51.1 Å². The Hall–Kier alpha value is -1.30. The molecule has 104 valence electrons. The third-order valence-electron chi connectivity index (χ3n) is 6.32. The van der Waals surface area contributed by atoms with Crippen LogP contribution in [0.5, 0.6) is 0 Å². The Kier molecular flexibility index (Phi) is 2.55. The van der Waals surface area contributed by atoms with Crippen molar-refractivity contribution < 1.29 is 0 Å². The molecule has 1 spiro atoms. The first-order valence-corrected chi connectivity index (χ1v) is 8.13. The topological polar surface area (TPSA) is 0 Å². The van der Waals surface area contributed by atoms with Gasteiger partial charge in [0.05, 0.1) is 0 Å². The molecule has 4 rings (SSSR count). The lowest BCUT2D eigenvalue weighted by Crippen LogP contribution is -2.34. The average Bonchev–Trinajstić information content (AvgIpc) is 2.99. The second-order valence-corrected chi connectivity index (χ2v) is 7.10. The molecule has 0 aliphatic heterocycles. The van der Waals surface area contributed by atoms with Gasteiger partial charge in [0.2, 0.25) is 0 Å². The predicted octanol–water partition coefficient (Wildman–Crippen LogP) is 5.19. The van der Waals surface area contributed by atoms with Crippen molar-refractivity contribution in [1.82, 2.24) is 0 Å². The lowest BCUT2D eigenvalue weighted by molar-refractivity contribution is 0.356. The highest BCUT2D eigenvalue weighted by molar-refractivity contribution is 5.57. The molecule has 0 bridgehead atoms. The number of fused-ring (bicyclic) bond motifs is 1. The molecule has 0 heteroatoms. The second kappa shape index (κ2) is 4.10. The van der Waals surface area contributed by atoms with Crippen LogP contribution in [0.25, 0.3) is 0 Å². The van der Waals surface area contributed by atoms with E-state index >= 15 is 0 Å². The molecule has 0 aromatic heterocycles. The van der Waals surface area contributed by atoms with Gasteiger partial charge in [0, 0.05) is 5.41 Å². The zero-order chi connectivity index (χ0) is 13.9. The third-order valence-corrected chi connectivity index (χ3v) is 6.32. The summed E-state index contributed by atoms with van der Waals surface area (Å²) in [6.07, 6.45) is 7.82. The van der Waals surface area contributed by atoms with Crippen molar-refractivity contribution in [2.75, 3.05) is 0 Å². The molecule has 0 heterocycles. The standard InChI is InChI=1S/C20H24/c1-4-15-10-17-9-13(2)14(3)19-11-16-7-5-6-8-18(16)20(17,19)12-15/h5-9,15,19H,4,10-12H2,1-3H3/t15-,19?,20-/m0/s1. The fourth-order valence-corrected chi connectivity index (χ4v) is 5.17. The van der Waals surface area contributed by atoms with E-state index in [1.807, 2.05) is 0 Å². The average molecular weight is 264 g/mol. The number of allylic oxidation sites excluding steroid dienone is 4. The van der Waals surface area contributed by atoms with Gasteiger partial charge in [-0.15, -0.1) is 0 Å². The van der Waals surface area contributed by atoms with Gasteiger partial charge in [0.25, 0.3) is 0 Å². The van der Waals surface area contributed by atoms with E-state index in [-0.39, 0.29) is 0 Å². The lowest BCUT2D eigenvalue weighted by Gasteiger charge is -2.39. The summed E-state index contributed by atoms with van der Waals surface area (Å²) in [6, 6.07) is 9.23. The van der Waals surface area contributed by atoms with Crippen LogP contribution in [0.3, 0.4) is 0 Å². The maximum absolute atomic E-state index is 2.53. The van der Waals surface area contributed by atoms with E-state index in [9.17, 15) is 0 Å². The Morgan fingerprint density at radius 2 is 1.95 bits per heavy atom. The Balaban J connectivity index is 1.95. The second-order valence-electron chi connectivity index (χ2n) is 7.10. The fraction of sp³-hybridized carbons (Fsp3) is 0.500. The smallest absolute Gasteiger partial charge is 0.0239 e. The molecule has 20 heavy (non-hydrogen) atoms. The van der Waals surface area contributed by atoms with Crippen molar-refractivity contribution in [3.8, 4) is 0 Å². The molecular formula is C20H24. The van der Waals surface area contributed by atoms with Gasteiger partial charge in [0.15, 0.2) is 0 Å². The summed E-state index contributed by atoms with van der Waals surface area (Å²) in [7, 11) is 0. The number of hydrogen-bond acceptors (Lipinski definition) is 0. The number of benzene rings is 1. The van der Waals surface area contributed by atoms with Crippen molar-refractivity contribution in [2.45, 2.75) is 51.9 Å². The first-order chi connectivity index (χ1) is 9.66. The number of hydrogen-bond donors (Lipinski definition) is 0. The number of rotatable bonds is 1. The first kappa shape index (κ1) is 12.4. The highest BCUT2D eigenvalue weighted by Crippen LogP contribution is 2.62. The van der Waals surface area contributed by atoms with E-state index in [0.29, 0.717) is 5.41 Å². The largest absolute Gasteiger partial charge is 0.0658 e. The molecule has 3 atom stereocenters. The minimum Gasteiger partial charge on any atom is -0.0658 e. The van der Waals surface area contributed by atoms with E-state index in [1.165, 1.54) is 31.3 Å². The van der Waals surface area contributed by atoms with Crippen LogP contribution in [0.2, 0.25) is 0 Å². The van der Waals surface area contributed by atoms with Gasteiger partial charge in [0.1, 0.15) is 0 Å². The van der Waals surface area contributed by atoms with Crippen molar-refractivity contribution in [1.29, 1.82) is 0 Å². The maximum atomic E-state index is 2.53. The minimum absolute atomic E-state index is 0.362. The molecule has 3 aliphatic carbocycles. The summed E-state index contributed by atoms with van der Waals surface area (Å²) in [5.41, 5.74) is 8.53. The summed E-state index contributed by atoms with van der Waals surface area (Å²) >= 11 is 0.